The molecule has 0 saturated carbocycles. The average molecular weight is 472 g/mol. The van der Waals surface area contributed by atoms with Crippen molar-refractivity contribution in [2.24, 2.45) is 0 Å². The Kier molecular flexibility index (Phi) is 6.92. The highest BCUT2D eigenvalue weighted by Gasteiger charge is 2.27. The van der Waals surface area contributed by atoms with E-state index in [9.17, 15) is 17.6 Å². The van der Waals surface area contributed by atoms with Crippen molar-refractivity contribution < 1.29 is 22.0 Å². The van der Waals surface area contributed by atoms with Gasteiger partial charge in [-0.25, -0.2) is 12.8 Å². The van der Waals surface area contributed by atoms with Crippen LogP contribution in [0.3, 0.4) is 0 Å². The second kappa shape index (κ2) is 9.86. The van der Waals surface area contributed by atoms with Crippen molar-refractivity contribution in [3.8, 4) is 11.3 Å². The van der Waals surface area contributed by atoms with Crippen LogP contribution in [-0.4, -0.2) is 56.8 Å². The van der Waals surface area contributed by atoms with Crippen LogP contribution in [0.25, 0.3) is 11.3 Å². The fourth-order valence-corrected chi connectivity index (χ4v) is 5.09. The predicted molar refractivity (Wildman–Crippen MR) is 124 cm³/mol. The molecule has 0 unspecified atom stereocenters. The lowest BCUT2D eigenvalue weighted by molar-refractivity contribution is -0.116. The molecular formula is C24H26FN3O4S. The van der Waals surface area contributed by atoms with Crippen LogP contribution in [-0.2, 0) is 21.2 Å². The Hall–Kier alpha value is -3.01. The number of benzene rings is 2. The molecule has 1 aliphatic rings. The first-order valence-corrected chi connectivity index (χ1v) is 12.2. The molecule has 174 valence electrons. The third kappa shape index (κ3) is 5.50. The highest BCUT2D eigenvalue weighted by Crippen LogP contribution is 2.25. The lowest BCUT2D eigenvalue weighted by atomic mass is 10.1. The first kappa shape index (κ1) is 23.2. The summed E-state index contributed by atoms with van der Waals surface area (Å²) in [6.45, 7) is 2.32. The molecule has 1 aliphatic heterocycles. The lowest BCUT2D eigenvalue weighted by Crippen LogP contribution is -2.46. The third-order valence-electron chi connectivity index (χ3n) is 5.64. The van der Waals surface area contributed by atoms with Crippen molar-refractivity contribution in [1.29, 1.82) is 0 Å². The van der Waals surface area contributed by atoms with Crippen LogP contribution >= 0.6 is 0 Å². The highest BCUT2D eigenvalue weighted by atomic mass is 32.2. The highest BCUT2D eigenvalue weighted by molar-refractivity contribution is 7.89. The Bertz CT molecular complexity index is 1220. The molecule has 2 heterocycles. The number of nitrogens with zero attached hydrogens (tertiary/aromatic N) is 2. The molecule has 3 aromatic rings. The van der Waals surface area contributed by atoms with Crippen LogP contribution in [0.2, 0.25) is 0 Å². The maximum Gasteiger partial charge on any atom is 0.243 e. The minimum atomic E-state index is -3.55. The van der Waals surface area contributed by atoms with Crippen LogP contribution in [0.15, 0.2) is 70.0 Å². The van der Waals surface area contributed by atoms with Crippen molar-refractivity contribution in [2.45, 2.75) is 17.7 Å². The molecule has 4 rings (SSSR count). The minimum absolute atomic E-state index is 0.172. The summed E-state index contributed by atoms with van der Waals surface area (Å²) in [5.74, 6) is 0.403. The number of rotatable bonds is 7. The van der Waals surface area contributed by atoms with Gasteiger partial charge in [-0.3, -0.25) is 4.79 Å². The second-order valence-corrected chi connectivity index (χ2v) is 9.96. The largest absolute Gasteiger partial charge is 0.461 e. The SMILES string of the molecule is CN1CCN(S(=O)(=O)c2ccc(NC(=O)CCc3ccc(-c4ccccc4F)o3)cc2)CC1. The van der Waals surface area contributed by atoms with Gasteiger partial charge in [-0.2, -0.15) is 4.31 Å². The number of carbonyl (C=O) groups is 1. The summed E-state index contributed by atoms with van der Waals surface area (Å²) in [5.41, 5.74) is 0.892. The fraction of sp³-hybridized carbons (Fsp3) is 0.292. The number of sulfonamides is 1. The zero-order valence-corrected chi connectivity index (χ0v) is 19.1. The number of piperazine rings is 1. The first-order valence-electron chi connectivity index (χ1n) is 10.8. The molecular weight excluding hydrogens is 445 g/mol. The van der Waals surface area contributed by atoms with Crippen LogP contribution in [0.1, 0.15) is 12.2 Å². The Balaban J connectivity index is 1.32. The first-order chi connectivity index (χ1) is 15.8. The molecule has 7 nitrogen and oxygen atoms in total. The van der Waals surface area contributed by atoms with E-state index < -0.39 is 10.0 Å². The van der Waals surface area contributed by atoms with Crippen LogP contribution in [0.5, 0.6) is 0 Å². The predicted octanol–water partition coefficient (Wildman–Crippen LogP) is 3.59. The summed E-state index contributed by atoms with van der Waals surface area (Å²) in [6, 6.07) is 16.0. The third-order valence-corrected chi connectivity index (χ3v) is 7.55. The van der Waals surface area contributed by atoms with Crippen molar-refractivity contribution in [3.63, 3.8) is 0 Å². The number of furan rings is 1. The molecule has 0 bridgehead atoms. The standard InChI is InChI=1S/C24H26FN3O4S/c1-27-14-16-28(17-15-27)33(30,31)20-10-6-18(7-11-20)26-24(29)13-9-19-8-12-23(32-19)21-4-2-3-5-22(21)25/h2-8,10-12H,9,13-17H2,1H3,(H,26,29). The normalized spacial score (nSPS) is 15.5. The van der Waals surface area contributed by atoms with Crippen molar-refractivity contribution in [2.75, 3.05) is 38.5 Å². The summed E-state index contributed by atoms with van der Waals surface area (Å²) in [7, 11) is -1.58. The zero-order chi connectivity index (χ0) is 23.4. The van der Waals surface area contributed by atoms with Crippen LogP contribution in [0, 0.1) is 5.82 Å². The fourth-order valence-electron chi connectivity index (χ4n) is 3.67. The van der Waals surface area contributed by atoms with Crippen molar-refractivity contribution in [3.05, 3.63) is 72.2 Å². The van der Waals surface area contributed by atoms with E-state index in [1.165, 1.54) is 22.5 Å². The maximum atomic E-state index is 13.9. The van der Waals surface area contributed by atoms with E-state index in [2.05, 4.69) is 10.2 Å². The Labute approximate surface area is 192 Å². The van der Waals surface area contributed by atoms with E-state index in [1.807, 2.05) is 7.05 Å². The van der Waals surface area contributed by atoms with Gasteiger partial charge in [-0.05, 0) is 55.6 Å². The van der Waals surface area contributed by atoms with E-state index in [0.717, 1.165) is 0 Å². The van der Waals surface area contributed by atoms with Gasteiger partial charge < -0.3 is 14.6 Å². The number of anilines is 1. The van der Waals surface area contributed by atoms with Gasteiger partial charge >= 0.3 is 0 Å². The summed E-state index contributed by atoms with van der Waals surface area (Å²) < 4.78 is 46.7. The molecule has 9 heteroatoms. The van der Waals surface area contributed by atoms with Gasteiger partial charge in [-0.15, -0.1) is 0 Å². The molecule has 2 aromatic carbocycles. The van der Waals surface area contributed by atoms with Gasteiger partial charge in [-0.1, -0.05) is 12.1 Å². The topological polar surface area (TPSA) is 82.9 Å². The summed E-state index contributed by atoms with van der Waals surface area (Å²) in [6.07, 6.45) is 0.529. The molecule has 33 heavy (non-hydrogen) atoms. The Morgan fingerprint density at radius 3 is 2.39 bits per heavy atom. The number of carbonyl (C=O) groups excluding carboxylic acids is 1. The smallest absolute Gasteiger partial charge is 0.243 e. The molecule has 1 fully saturated rings. The molecule has 0 atom stereocenters. The quantitative estimate of drug-likeness (QED) is 0.570. The Morgan fingerprint density at radius 1 is 1.00 bits per heavy atom. The molecule has 0 radical (unpaired) electrons. The minimum Gasteiger partial charge on any atom is -0.461 e. The molecule has 1 amide bonds. The van der Waals surface area contributed by atoms with Gasteiger partial charge in [0.25, 0.3) is 0 Å². The average Bonchev–Trinajstić information content (AvgIpc) is 3.27. The zero-order valence-electron chi connectivity index (χ0n) is 18.3. The summed E-state index contributed by atoms with van der Waals surface area (Å²) in [5, 5.41) is 2.77. The number of aryl methyl sites for hydroxylation is 1. The van der Waals surface area contributed by atoms with Crippen LogP contribution < -0.4 is 5.32 Å². The number of amides is 1. The number of nitrogens with one attached hydrogen (secondary N) is 1. The number of halogens is 1. The van der Waals surface area contributed by atoms with E-state index in [-0.39, 0.29) is 23.0 Å². The molecule has 0 spiro atoms. The van der Waals surface area contributed by atoms with Crippen LogP contribution in [0.4, 0.5) is 10.1 Å². The number of hydrogen-bond acceptors (Lipinski definition) is 5. The molecule has 0 aliphatic carbocycles. The second-order valence-electron chi connectivity index (χ2n) is 8.03. The van der Waals surface area contributed by atoms with Gasteiger partial charge in [0.2, 0.25) is 15.9 Å². The summed E-state index contributed by atoms with van der Waals surface area (Å²) in [4.78, 5) is 14.6. The molecule has 1 aromatic heterocycles. The van der Waals surface area contributed by atoms with E-state index >= 15 is 0 Å². The lowest BCUT2D eigenvalue weighted by Gasteiger charge is -2.31. The monoisotopic (exact) mass is 471 g/mol. The van der Waals surface area contributed by atoms with Gasteiger partial charge in [0, 0.05) is 44.7 Å². The van der Waals surface area contributed by atoms with Gasteiger partial charge in [0.05, 0.1) is 10.5 Å². The van der Waals surface area contributed by atoms with E-state index in [4.69, 9.17) is 4.42 Å². The van der Waals surface area contributed by atoms with Gasteiger partial charge in [0.1, 0.15) is 17.3 Å². The molecule has 1 saturated heterocycles. The van der Waals surface area contributed by atoms with E-state index in [0.29, 0.717) is 55.4 Å². The maximum absolute atomic E-state index is 13.9. The number of likely N-dealkylation sites (N-methyl/N-ethyl adjacent to an activating group) is 1. The van der Waals surface area contributed by atoms with Gasteiger partial charge in [0.15, 0.2) is 0 Å². The number of hydrogen-bond donors (Lipinski definition) is 1. The molecule has 1 N–H and O–H groups in total. The summed E-state index contributed by atoms with van der Waals surface area (Å²) >= 11 is 0. The van der Waals surface area contributed by atoms with Crippen molar-refractivity contribution in [1.82, 2.24) is 9.21 Å². The van der Waals surface area contributed by atoms with E-state index in [1.54, 1.807) is 42.5 Å². The van der Waals surface area contributed by atoms with Crippen molar-refractivity contribution >= 4 is 21.6 Å². The Morgan fingerprint density at radius 2 is 1.70 bits per heavy atom.